The fourth-order valence-electron chi connectivity index (χ4n) is 4.16. The number of aryl methyl sites for hydroxylation is 1. The maximum atomic E-state index is 13.7. The first-order valence-electron chi connectivity index (χ1n) is 13.0. The van der Waals surface area contributed by atoms with Gasteiger partial charge in [0.15, 0.2) is 11.5 Å². The van der Waals surface area contributed by atoms with Gasteiger partial charge in [0, 0.05) is 46.2 Å². The van der Waals surface area contributed by atoms with Gasteiger partial charge in [0.2, 0.25) is 5.91 Å². The molecule has 0 bridgehead atoms. The Morgan fingerprint density at radius 2 is 1.55 bits per heavy atom. The minimum Gasteiger partial charge on any atom is -0.497 e. The molecule has 0 saturated heterocycles. The van der Waals surface area contributed by atoms with E-state index < -0.39 is 0 Å². The minimum atomic E-state index is -0.384. The van der Waals surface area contributed by atoms with E-state index in [1.54, 1.807) is 62.9 Å². The molecule has 1 N–H and O–H groups in total. The number of thiophene rings is 1. The fourth-order valence-corrected chi connectivity index (χ4v) is 5.07. The lowest BCUT2D eigenvalue weighted by atomic mass is 10.1. The van der Waals surface area contributed by atoms with Gasteiger partial charge >= 0.3 is 6.03 Å². The highest BCUT2D eigenvalue weighted by molar-refractivity contribution is 7.11. The predicted molar refractivity (Wildman–Crippen MR) is 158 cm³/mol. The molecule has 216 valence electrons. The minimum absolute atomic E-state index is 0.0686. The first-order valence-corrected chi connectivity index (χ1v) is 13.8. The Balaban J connectivity index is 1.77. The number of rotatable bonds is 13. The summed E-state index contributed by atoms with van der Waals surface area (Å²) in [6, 6.07) is 14.4. The molecule has 0 spiro atoms. The second-order valence-corrected chi connectivity index (χ2v) is 10.9. The van der Waals surface area contributed by atoms with Gasteiger partial charge in [0.25, 0.3) is 0 Å². The normalized spacial score (nSPS) is 10.7. The number of methoxy groups -OCH3 is 4. The number of benzene rings is 2. The predicted octanol–water partition coefficient (Wildman–Crippen LogP) is 5.60. The van der Waals surface area contributed by atoms with Crippen LogP contribution in [-0.2, 0) is 17.8 Å². The molecular formula is C30H39N3O6S. The van der Waals surface area contributed by atoms with Gasteiger partial charge in [0.05, 0.1) is 35.0 Å². The number of carbonyl (C=O) groups is 2. The van der Waals surface area contributed by atoms with Crippen molar-refractivity contribution in [1.82, 2.24) is 9.80 Å². The van der Waals surface area contributed by atoms with Crippen molar-refractivity contribution < 1.29 is 28.5 Å². The van der Waals surface area contributed by atoms with E-state index in [4.69, 9.17) is 18.9 Å². The Hall–Kier alpha value is -3.92. The number of amides is 3. The van der Waals surface area contributed by atoms with Crippen molar-refractivity contribution in [1.29, 1.82) is 0 Å². The van der Waals surface area contributed by atoms with Crippen molar-refractivity contribution in [2.45, 2.75) is 39.8 Å². The SMILES string of the molecule is COc1cc(NC(=O)N(CC(=O)N(CCc2ccc(OC)c(OC)c2)Cc2ccc(C)s2)C(C)C)cc(OC)c1. The summed E-state index contributed by atoms with van der Waals surface area (Å²) in [4.78, 5) is 32.6. The number of nitrogens with zero attached hydrogens (tertiary/aromatic N) is 2. The van der Waals surface area contributed by atoms with Crippen LogP contribution in [0.25, 0.3) is 0 Å². The van der Waals surface area contributed by atoms with Crippen LogP contribution in [0, 0.1) is 6.92 Å². The van der Waals surface area contributed by atoms with Crippen molar-refractivity contribution in [3.8, 4) is 23.0 Å². The zero-order valence-electron chi connectivity index (χ0n) is 24.3. The van der Waals surface area contributed by atoms with E-state index in [0.29, 0.717) is 48.2 Å². The molecule has 9 nitrogen and oxygen atoms in total. The first-order chi connectivity index (χ1) is 19.2. The molecule has 3 aromatic rings. The fraction of sp³-hybridized carbons (Fsp3) is 0.400. The average molecular weight is 570 g/mol. The smallest absolute Gasteiger partial charge is 0.322 e. The number of anilines is 1. The summed E-state index contributed by atoms with van der Waals surface area (Å²) in [5.74, 6) is 2.26. The maximum absolute atomic E-state index is 13.7. The molecule has 0 aliphatic carbocycles. The maximum Gasteiger partial charge on any atom is 0.322 e. The van der Waals surface area contributed by atoms with Crippen LogP contribution in [0.2, 0.25) is 0 Å². The second kappa shape index (κ2) is 14.5. The third kappa shape index (κ3) is 8.29. The lowest BCUT2D eigenvalue weighted by Gasteiger charge is -2.30. The lowest BCUT2D eigenvalue weighted by molar-refractivity contribution is -0.132. The van der Waals surface area contributed by atoms with Gasteiger partial charge in [-0.3, -0.25) is 4.79 Å². The van der Waals surface area contributed by atoms with Gasteiger partial charge in [-0.1, -0.05) is 6.07 Å². The molecule has 0 saturated carbocycles. The lowest BCUT2D eigenvalue weighted by Crippen LogP contribution is -2.47. The molecule has 3 amide bonds. The summed E-state index contributed by atoms with van der Waals surface area (Å²) in [5.41, 5.74) is 1.53. The molecule has 40 heavy (non-hydrogen) atoms. The third-order valence-electron chi connectivity index (χ3n) is 6.41. The van der Waals surface area contributed by atoms with Crippen molar-refractivity contribution in [3.05, 3.63) is 63.8 Å². The first kappa shape index (κ1) is 30.6. The quantitative estimate of drug-likeness (QED) is 0.288. The molecule has 3 rings (SSSR count). The molecule has 0 radical (unpaired) electrons. The van der Waals surface area contributed by atoms with Crippen LogP contribution >= 0.6 is 11.3 Å². The molecule has 1 heterocycles. The Kier molecular flexibility index (Phi) is 11.1. The molecule has 0 aliphatic rings. The summed E-state index contributed by atoms with van der Waals surface area (Å²) in [5, 5.41) is 2.88. The molecule has 1 aromatic heterocycles. The van der Waals surface area contributed by atoms with E-state index in [1.807, 2.05) is 51.1 Å². The number of ether oxygens (including phenoxy) is 4. The van der Waals surface area contributed by atoms with E-state index in [1.165, 1.54) is 9.78 Å². The van der Waals surface area contributed by atoms with E-state index in [0.717, 1.165) is 10.4 Å². The Labute approximate surface area is 240 Å². The highest BCUT2D eigenvalue weighted by atomic mass is 32.1. The third-order valence-corrected chi connectivity index (χ3v) is 7.39. The van der Waals surface area contributed by atoms with Crippen LogP contribution < -0.4 is 24.3 Å². The summed E-state index contributed by atoms with van der Waals surface area (Å²) in [6.45, 7) is 6.69. The van der Waals surface area contributed by atoms with Crippen molar-refractivity contribution in [3.63, 3.8) is 0 Å². The van der Waals surface area contributed by atoms with Crippen LogP contribution in [0.1, 0.15) is 29.2 Å². The molecule has 2 aromatic carbocycles. The van der Waals surface area contributed by atoms with Gasteiger partial charge < -0.3 is 34.1 Å². The molecule has 0 unspecified atom stereocenters. The van der Waals surface area contributed by atoms with Crippen molar-refractivity contribution in [2.24, 2.45) is 0 Å². The topological polar surface area (TPSA) is 89.6 Å². The van der Waals surface area contributed by atoms with Crippen LogP contribution in [0.3, 0.4) is 0 Å². The van der Waals surface area contributed by atoms with Gasteiger partial charge in [-0.15, -0.1) is 11.3 Å². The largest absolute Gasteiger partial charge is 0.497 e. The summed E-state index contributed by atoms with van der Waals surface area (Å²) in [6.07, 6.45) is 0.619. The Morgan fingerprint density at radius 3 is 2.10 bits per heavy atom. The summed E-state index contributed by atoms with van der Waals surface area (Å²) >= 11 is 1.66. The number of urea groups is 1. The van der Waals surface area contributed by atoms with Gasteiger partial charge in [-0.05, 0) is 57.0 Å². The van der Waals surface area contributed by atoms with Gasteiger partial charge in [-0.2, -0.15) is 0 Å². The number of hydrogen-bond donors (Lipinski definition) is 1. The monoisotopic (exact) mass is 569 g/mol. The average Bonchev–Trinajstić information content (AvgIpc) is 3.37. The zero-order chi connectivity index (χ0) is 29.2. The molecule has 0 fully saturated rings. The summed E-state index contributed by atoms with van der Waals surface area (Å²) in [7, 11) is 6.29. The van der Waals surface area contributed by atoms with Crippen molar-refractivity contribution >= 4 is 29.0 Å². The molecule has 0 aliphatic heterocycles. The van der Waals surface area contributed by atoms with Gasteiger partial charge in [0.1, 0.15) is 18.0 Å². The summed E-state index contributed by atoms with van der Waals surface area (Å²) < 4.78 is 21.4. The van der Waals surface area contributed by atoms with Crippen LogP contribution in [0.5, 0.6) is 23.0 Å². The number of hydrogen-bond acceptors (Lipinski definition) is 7. The molecule has 10 heteroatoms. The van der Waals surface area contributed by atoms with Crippen LogP contribution in [0.15, 0.2) is 48.5 Å². The highest BCUT2D eigenvalue weighted by Crippen LogP contribution is 2.28. The van der Waals surface area contributed by atoms with Crippen LogP contribution in [0.4, 0.5) is 10.5 Å². The number of carbonyl (C=O) groups excluding carboxylic acids is 2. The Bertz CT molecular complexity index is 1270. The van der Waals surface area contributed by atoms with Gasteiger partial charge in [-0.25, -0.2) is 4.79 Å². The Morgan fingerprint density at radius 1 is 0.875 bits per heavy atom. The standard InChI is InChI=1S/C30H39N3O6S/c1-20(2)33(30(35)31-23-15-24(36-4)17-25(16-23)37-5)19-29(34)32(18-26-10-8-21(3)40-26)13-12-22-9-11-27(38-6)28(14-22)39-7/h8-11,14-17,20H,12-13,18-19H2,1-7H3,(H,31,35). The van der Waals surface area contributed by atoms with E-state index >= 15 is 0 Å². The van der Waals surface area contributed by atoms with Crippen molar-refractivity contribution in [2.75, 3.05) is 46.8 Å². The van der Waals surface area contributed by atoms with E-state index in [9.17, 15) is 9.59 Å². The second-order valence-electron chi connectivity index (χ2n) is 9.52. The van der Waals surface area contributed by atoms with E-state index in [-0.39, 0.29) is 24.5 Å². The molecular weight excluding hydrogens is 530 g/mol. The van der Waals surface area contributed by atoms with E-state index in [2.05, 4.69) is 5.32 Å². The zero-order valence-corrected chi connectivity index (χ0v) is 25.1. The highest BCUT2D eigenvalue weighted by Gasteiger charge is 2.24. The van der Waals surface area contributed by atoms with Crippen LogP contribution in [-0.4, -0.2) is 69.3 Å². The number of nitrogens with one attached hydrogen (secondary N) is 1. The molecule has 0 atom stereocenters.